The van der Waals surface area contributed by atoms with Crippen LogP contribution in [0.15, 0.2) is 42.6 Å². The fraction of sp³-hybridized carbons (Fsp3) is 0.462. The zero-order valence-electron chi connectivity index (χ0n) is 18.5. The van der Waals surface area contributed by atoms with Crippen molar-refractivity contribution in [3.05, 3.63) is 64.3 Å². The van der Waals surface area contributed by atoms with E-state index < -0.39 is 0 Å². The molecule has 1 fully saturated rings. The Hall–Kier alpha value is -2.17. The summed E-state index contributed by atoms with van der Waals surface area (Å²) in [5, 5.41) is 3.90. The highest BCUT2D eigenvalue weighted by atomic mass is 35.5. The van der Waals surface area contributed by atoms with Crippen molar-refractivity contribution in [3.8, 4) is 11.5 Å². The second kappa shape index (κ2) is 9.54. The zero-order chi connectivity index (χ0) is 21.8. The highest BCUT2D eigenvalue weighted by Gasteiger charge is 2.42. The second-order valence-corrected chi connectivity index (χ2v) is 9.05. The molecule has 31 heavy (non-hydrogen) atoms. The van der Waals surface area contributed by atoms with Crippen molar-refractivity contribution in [1.29, 1.82) is 0 Å². The third kappa shape index (κ3) is 4.56. The predicted octanol–water partition coefficient (Wildman–Crippen LogP) is 5.81. The van der Waals surface area contributed by atoms with Gasteiger partial charge in [0.1, 0.15) is 11.5 Å². The van der Waals surface area contributed by atoms with Crippen molar-refractivity contribution >= 4 is 17.7 Å². The number of ether oxygens (including phenoxy) is 2. The van der Waals surface area contributed by atoms with Crippen LogP contribution in [0.4, 0.5) is 0 Å². The summed E-state index contributed by atoms with van der Waals surface area (Å²) in [6, 6.07) is 12.7. The summed E-state index contributed by atoms with van der Waals surface area (Å²) < 4.78 is 12.2. The first-order chi connectivity index (χ1) is 15.1. The molecule has 0 amide bonds. The molecule has 2 aromatic carbocycles. The van der Waals surface area contributed by atoms with E-state index in [-0.39, 0.29) is 17.6 Å². The molecule has 0 radical (unpaired) electrons. The number of hydrogen-bond donors (Lipinski definition) is 2. The fourth-order valence-corrected chi connectivity index (χ4v) is 5.29. The molecule has 166 valence electrons. The summed E-state index contributed by atoms with van der Waals surface area (Å²) in [5.74, 6) is 1.70. The average Bonchev–Trinajstić information content (AvgIpc) is 2.80. The molecular formula is C26H33ClN2O2. The number of benzene rings is 2. The Morgan fingerprint density at radius 2 is 2.00 bits per heavy atom. The van der Waals surface area contributed by atoms with E-state index in [2.05, 4.69) is 42.6 Å². The van der Waals surface area contributed by atoms with Gasteiger partial charge in [0.15, 0.2) is 0 Å². The quantitative estimate of drug-likeness (QED) is 0.570. The minimum atomic E-state index is -0.0459. The Kier molecular flexibility index (Phi) is 6.78. The normalized spacial score (nSPS) is 23.5. The summed E-state index contributed by atoms with van der Waals surface area (Å²) >= 11 is 6.54. The summed E-state index contributed by atoms with van der Waals surface area (Å²) in [5.41, 5.74) is 10.3. The number of nitrogens with two attached hydrogens (primary N) is 1. The number of hydrogen-bond acceptors (Lipinski definition) is 4. The standard InChI is InChI=1S/C26H33ClN2O2/c1-3-25(28)26(20-6-5-7-22(16-20)30-4-2)11-8-21(9-12-26)31-24-15-18-10-13-29-17-19(18)14-23(24)27/h5-7,10,13-16,21,25,29H,3-4,8-9,11-12,17,28H2,1-2H3/t21?,25-,26?/m1/s1. The van der Waals surface area contributed by atoms with Gasteiger partial charge < -0.3 is 20.5 Å². The van der Waals surface area contributed by atoms with Gasteiger partial charge in [-0.15, -0.1) is 0 Å². The lowest BCUT2D eigenvalue weighted by molar-refractivity contribution is 0.103. The van der Waals surface area contributed by atoms with Gasteiger partial charge in [-0.1, -0.05) is 30.7 Å². The highest BCUT2D eigenvalue weighted by molar-refractivity contribution is 6.32. The van der Waals surface area contributed by atoms with Gasteiger partial charge in [-0.2, -0.15) is 0 Å². The van der Waals surface area contributed by atoms with Gasteiger partial charge in [0.05, 0.1) is 17.7 Å². The summed E-state index contributed by atoms with van der Waals surface area (Å²) in [6.45, 7) is 5.66. The molecular weight excluding hydrogens is 408 g/mol. The molecule has 3 N–H and O–H groups in total. The molecule has 0 bridgehead atoms. The van der Waals surface area contributed by atoms with Crippen LogP contribution in [-0.2, 0) is 12.0 Å². The van der Waals surface area contributed by atoms with E-state index in [0.717, 1.165) is 50.1 Å². The Bertz CT molecular complexity index is 935. The van der Waals surface area contributed by atoms with Gasteiger partial charge in [0.2, 0.25) is 0 Å². The SMILES string of the molecule is CCOc1cccc(C2([C@H](N)CC)CCC(Oc3cc4c(cc3Cl)CNC=C4)CC2)c1. The van der Waals surface area contributed by atoms with E-state index in [1.54, 1.807) is 0 Å². The van der Waals surface area contributed by atoms with E-state index in [0.29, 0.717) is 11.6 Å². The van der Waals surface area contributed by atoms with E-state index in [9.17, 15) is 0 Å². The van der Waals surface area contributed by atoms with Crippen LogP contribution in [0.2, 0.25) is 5.02 Å². The fourth-order valence-electron chi connectivity index (χ4n) is 5.06. The number of nitrogens with one attached hydrogen (secondary N) is 1. The molecule has 5 heteroatoms. The number of rotatable bonds is 7. The van der Waals surface area contributed by atoms with E-state index in [1.165, 1.54) is 16.7 Å². The van der Waals surface area contributed by atoms with Crippen molar-refractivity contribution in [1.82, 2.24) is 5.32 Å². The molecule has 4 nitrogen and oxygen atoms in total. The lowest BCUT2D eigenvalue weighted by Gasteiger charge is -2.44. The molecule has 1 saturated carbocycles. The van der Waals surface area contributed by atoms with Gasteiger partial charge in [-0.25, -0.2) is 0 Å². The maximum absolute atomic E-state index is 6.72. The van der Waals surface area contributed by atoms with Gasteiger partial charge in [-0.05, 0) is 92.3 Å². The lowest BCUT2D eigenvalue weighted by atomic mass is 9.64. The Morgan fingerprint density at radius 3 is 2.74 bits per heavy atom. The van der Waals surface area contributed by atoms with Crippen LogP contribution in [0.1, 0.15) is 62.6 Å². The summed E-state index contributed by atoms with van der Waals surface area (Å²) in [6.07, 6.45) is 9.03. The minimum Gasteiger partial charge on any atom is -0.494 e. The first kappa shape index (κ1) is 22.0. The third-order valence-electron chi connectivity index (χ3n) is 6.86. The van der Waals surface area contributed by atoms with Crippen molar-refractivity contribution in [3.63, 3.8) is 0 Å². The third-order valence-corrected chi connectivity index (χ3v) is 7.15. The molecule has 0 saturated heterocycles. The first-order valence-electron chi connectivity index (χ1n) is 11.4. The zero-order valence-corrected chi connectivity index (χ0v) is 19.3. The smallest absolute Gasteiger partial charge is 0.138 e. The largest absolute Gasteiger partial charge is 0.494 e. The predicted molar refractivity (Wildman–Crippen MR) is 128 cm³/mol. The van der Waals surface area contributed by atoms with Crippen LogP contribution in [0, 0.1) is 0 Å². The molecule has 2 aromatic rings. The van der Waals surface area contributed by atoms with Gasteiger partial charge in [0.25, 0.3) is 0 Å². The van der Waals surface area contributed by atoms with E-state index >= 15 is 0 Å². The molecule has 1 aliphatic heterocycles. The molecule has 0 aromatic heterocycles. The Morgan fingerprint density at radius 1 is 1.19 bits per heavy atom. The van der Waals surface area contributed by atoms with Crippen LogP contribution in [-0.4, -0.2) is 18.8 Å². The monoisotopic (exact) mass is 440 g/mol. The molecule has 1 heterocycles. The van der Waals surface area contributed by atoms with Crippen molar-refractivity contribution in [2.75, 3.05) is 6.61 Å². The van der Waals surface area contributed by atoms with E-state index in [1.807, 2.05) is 25.3 Å². The van der Waals surface area contributed by atoms with Crippen LogP contribution in [0.25, 0.3) is 6.08 Å². The second-order valence-electron chi connectivity index (χ2n) is 8.64. The highest BCUT2D eigenvalue weighted by Crippen LogP contribution is 2.45. The average molecular weight is 441 g/mol. The topological polar surface area (TPSA) is 56.5 Å². The van der Waals surface area contributed by atoms with Crippen LogP contribution < -0.4 is 20.5 Å². The maximum Gasteiger partial charge on any atom is 0.138 e. The van der Waals surface area contributed by atoms with E-state index in [4.69, 9.17) is 26.8 Å². The molecule has 1 aliphatic carbocycles. The summed E-state index contributed by atoms with van der Waals surface area (Å²) in [7, 11) is 0. The Labute approximate surface area is 190 Å². The van der Waals surface area contributed by atoms with Gasteiger partial charge in [-0.3, -0.25) is 0 Å². The lowest BCUT2D eigenvalue weighted by Crippen LogP contribution is -2.48. The number of halogens is 1. The van der Waals surface area contributed by atoms with Gasteiger partial charge >= 0.3 is 0 Å². The number of fused-ring (bicyclic) bond motifs is 1. The molecule has 2 aliphatic rings. The maximum atomic E-state index is 6.72. The van der Waals surface area contributed by atoms with Crippen LogP contribution in [0.5, 0.6) is 11.5 Å². The van der Waals surface area contributed by atoms with Crippen molar-refractivity contribution in [2.45, 2.75) is 70.1 Å². The summed E-state index contributed by atoms with van der Waals surface area (Å²) in [4.78, 5) is 0. The molecule has 4 rings (SSSR count). The van der Waals surface area contributed by atoms with Crippen LogP contribution in [0.3, 0.4) is 0 Å². The van der Waals surface area contributed by atoms with Gasteiger partial charge in [0, 0.05) is 18.0 Å². The molecule has 0 spiro atoms. The molecule has 0 unspecified atom stereocenters. The van der Waals surface area contributed by atoms with Crippen LogP contribution >= 0.6 is 11.6 Å². The first-order valence-corrected chi connectivity index (χ1v) is 11.8. The Balaban J connectivity index is 1.51. The minimum absolute atomic E-state index is 0.0459. The molecule has 1 atom stereocenters. The van der Waals surface area contributed by atoms with Crippen molar-refractivity contribution in [2.24, 2.45) is 5.73 Å². The van der Waals surface area contributed by atoms with Crippen molar-refractivity contribution < 1.29 is 9.47 Å².